The van der Waals surface area contributed by atoms with Crippen LogP contribution in [-0.2, 0) is 11.2 Å². The Bertz CT molecular complexity index is 620. The van der Waals surface area contributed by atoms with Gasteiger partial charge in [0.25, 0.3) is 0 Å². The highest BCUT2D eigenvalue weighted by Crippen LogP contribution is 2.41. The number of methoxy groups -OCH3 is 1. The first-order valence-electron chi connectivity index (χ1n) is 8.17. The third-order valence-electron chi connectivity index (χ3n) is 3.50. The summed E-state index contributed by atoms with van der Waals surface area (Å²) in [6.07, 6.45) is 8.94. The van der Waals surface area contributed by atoms with E-state index in [1.165, 1.54) is 0 Å². The molecule has 1 aliphatic heterocycles. The maximum absolute atomic E-state index is 11.5. The Morgan fingerprint density at radius 1 is 1.33 bits per heavy atom. The molecular weight excluding hydrogens is 306 g/mol. The van der Waals surface area contributed by atoms with E-state index in [0.717, 1.165) is 24.2 Å². The Morgan fingerprint density at radius 2 is 2.17 bits per heavy atom. The van der Waals surface area contributed by atoms with E-state index in [9.17, 15) is 4.79 Å². The fourth-order valence-electron chi connectivity index (χ4n) is 2.26. The fourth-order valence-corrected chi connectivity index (χ4v) is 2.26. The summed E-state index contributed by atoms with van der Waals surface area (Å²) in [7, 11) is 1.62. The van der Waals surface area contributed by atoms with Crippen LogP contribution < -0.4 is 19.5 Å². The van der Waals surface area contributed by atoms with Crippen LogP contribution in [0.5, 0.6) is 17.2 Å². The molecule has 5 nitrogen and oxygen atoms in total. The maximum atomic E-state index is 11.5. The van der Waals surface area contributed by atoms with Crippen LogP contribution in [0.3, 0.4) is 0 Å². The minimum absolute atomic E-state index is 0.0612. The predicted molar refractivity (Wildman–Crippen MR) is 93.6 cm³/mol. The van der Waals surface area contributed by atoms with Crippen LogP contribution in [0.25, 0.3) is 0 Å². The number of hydrogen-bond acceptors (Lipinski definition) is 4. The average Bonchev–Trinajstić information content (AvgIpc) is 3.03. The predicted octanol–water partition coefficient (Wildman–Crippen LogP) is 3.24. The molecule has 0 fully saturated rings. The van der Waals surface area contributed by atoms with Gasteiger partial charge in [0.15, 0.2) is 11.5 Å². The summed E-state index contributed by atoms with van der Waals surface area (Å²) in [4.78, 5) is 11.5. The van der Waals surface area contributed by atoms with Gasteiger partial charge in [0.2, 0.25) is 18.4 Å². The van der Waals surface area contributed by atoms with E-state index in [1.54, 1.807) is 19.3 Å². The third kappa shape index (κ3) is 5.33. The zero-order chi connectivity index (χ0) is 17.4. The first kappa shape index (κ1) is 17.9. The molecule has 0 radical (unpaired) electrons. The molecule has 0 saturated heterocycles. The van der Waals surface area contributed by atoms with Gasteiger partial charge >= 0.3 is 0 Å². The molecule has 1 aromatic rings. The summed E-state index contributed by atoms with van der Waals surface area (Å²) >= 11 is 0. The fraction of sp³-hybridized carbons (Fsp3) is 0.421. The van der Waals surface area contributed by atoms with Crippen molar-refractivity contribution < 1.29 is 19.0 Å². The van der Waals surface area contributed by atoms with Gasteiger partial charge in [-0.2, -0.15) is 0 Å². The van der Waals surface area contributed by atoms with Gasteiger partial charge in [-0.25, -0.2) is 0 Å². The lowest BCUT2D eigenvalue weighted by atomic mass is 10.1. The van der Waals surface area contributed by atoms with Gasteiger partial charge in [-0.1, -0.05) is 32.1 Å². The Hall–Kier alpha value is -2.43. The van der Waals surface area contributed by atoms with E-state index in [-0.39, 0.29) is 12.7 Å². The summed E-state index contributed by atoms with van der Waals surface area (Å²) in [6.45, 7) is 5.06. The monoisotopic (exact) mass is 331 g/mol. The van der Waals surface area contributed by atoms with Crippen molar-refractivity contribution in [2.75, 3.05) is 20.4 Å². The second kappa shape index (κ2) is 9.01. The summed E-state index contributed by atoms with van der Waals surface area (Å²) in [5.41, 5.74) is 1.12. The van der Waals surface area contributed by atoms with E-state index in [4.69, 9.17) is 14.2 Å². The van der Waals surface area contributed by atoms with Crippen molar-refractivity contribution in [3.05, 3.63) is 42.0 Å². The average molecular weight is 331 g/mol. The largest absolute Gasteiger partial charge is 0.493 e. The van der Waals surface area contributed by atoms with E-state index < -0.39 is 0 Å². The number of allylic oxidation sites excluding steroid dienone is 3. The first-order chi connectivity index (χ1) is 11.6. The molecular formula is C19H25NO4. The van der Waals surface area contributed by atoms with E-state index in [2.05, 4.69) is 19.2 Å². The van der Waals surface area contributed by atoms with Crippen molar-refractivity contribution in [3.63, 3.8) is 0 Å². The summed E-state index contributed by atoms with van der Waals surface area (Å²) in [6, 6.07) is 3.95. The molecule has 1 amide bonds. The van der Waals surface area contributed by atoms with Crippen LogP contribution in [0.1, 0.15) is 25.8 Å². The van der Waals surface area contributed by atoms with Crippen molar-refractivity contribution in [3.8, 4) is 17.2 Å². The van der Waals surface area contributed by atoms with Crippen LogP contribution in [-0.4, -0.2) is 26.4 Å². The lowest BCUT2D eigenvalue weighted by Crippen LogP contribution is -2.25. The number of carbonyl (C=O) groups is 1. The van der Waals surface area contributed by atoms with Gasteiger partial charge in [-0.05, 0) is 36.5 Å². The van der Waals surface area contributed by atoms with Gasteiger partial charge in [0.05, 0.1) is 7.11 Å². The normalized spacial score (nSPS) is 13.2. The molecule has 0 bridgehead atoms. The summed E-state index contributed by atoms with van der Waals surface area (Å²) < 4.78 is 16.1. The second-order valence-electron chi connectivity index (χ2n) is 6.00. The number of nitrogens with one attached hydrogen (secondary N) is 1. The van der Waals surface area contributed by atoms with E-state index >= 15 is 0 Å². The highest BCUT2D eigenvalue weighted by Gasteiger charge is 2.19. The lowest BCUT2D eigenvalue weighted by molar-refractivity contribution is -0.116. The van der Waals surface area contributed by atoms with Crippen molar-refractivity contribution in [1.82, 2.24) is 5.32 Å². The number of ether oxygens (including phenoxy) is 3. The molecule has 2 rings (SSSR count). The van der Waals surface area contributed by atoms with Crippen LogP contribution >= 0.6 is 0 Å². The first-order valence-corrected chi connectivity index (χ1v) is 8.17. The van der Waals surface area contributed by atoms with E-state index in [1.807, 2.05) is 24.3 Å². The lowest BCUT2D eigenvalue weighted by Gasteiger charge is -2.07. The zero-order valence-electron chi connectivity index (χ0n) is 14.5. The standard InChI is InChI=1S/C19H25NO4/c1-14(2)12-20-18(21)9-7-5-4-6-8-15-10-16(22-3)19-17(11-15)23-13-24-19/h4-5,7,9-11,14H,6,8,12-13H2,1-3H3,(H,20,21). The Kier molecular flexibility index (Phi) is 6.73. The second-order valence-corrected chi connectivity index (χ2v) is 6.00. The molecule has 1 aliphatic rings. The van der Waals surface area contributed by atoms with Crippen LogP contribution in [0, 0.1) is 5.92 Å². The molecule has 130 valence electrons. The molecule has 1 heterocycles. The van der Waals surface area contributed by atoms with Crippen molar-refractivity contribution >= 4 is 5.91 Å². The molecule has 1 N–H and O–H groups in total. The maximum Gasteiger partial charge on any atom is 0.243 e. The van der Waals surface area contributed by atoms with Gasteiger partial charge < -0.3 is 19.5 Å². The van der Waals surface area contributed by atoms with Crippen molar-refractivity contribution in [2.24, 2.45) is 5.92 Å². The van der Waals surface area contributed by atoms with Crippen LogP contribution in [0.15, 0.2) is 36.4 Å². The highest BCUT2D eigenvalue weighted by molar-refractivity contribution is 5.87. The number of amides is 1. The van der Waals surface area contributed by atoms with Gasteiger partial charge in [0, 0.05) is 12.6 Å². The molecule has 0 aliphatic carbocycles. The van der Waals surface area contributed by atoms with Gasteiger partial charge in [-0.15, -0.1) is 0 Å². The summed E-state index contributed by atoms with van der Waals surface area (Å²) in [5.74, 6) is 2.50. The number of hydrogen-bond donors (Lipinski definition) is 1. The molecule has 24 heavy (non-hydrogen) atoms. The molecule has 0 spiro atoms. The smallest absolute Gasteiger partial charge is 0.243 e. The Labute approximate surface area is 143 Å². The molecule has 0 saturated carbocycles. The van der Waals surface area contributed by atoms with Gasteiger partial charge in [0.1, 0.15) is 0 Å². The molecule has 0 atom stereocenters. The molecule has 0 aromatic heterocycles. The number of rotatable bonds is 8. The highest BCUT2D eigenvalue weighted by atomic mass is 16.7. The van der Waals surface area contributed by atoms with E-state index in [0.29, 0.717) is 24.0 Å². The Morgan fingerprint density at radius 3 is 2.92 bits per heavy atom. The Balaban J connectivity index is 1.79. The topological polar surface area (TPSA) is 56.8 Å². The van der Waals surface area contributed by atoms with Gasteiger partial charge in [-0.3, -0.25) is 4.79 Å². The number of carbonyl (C=O) groups excluding carboxylic acids is 1. The summed E-state index contributed by atoms with van der Waals surface area (Å²) in [5, 5.41) is 2.84. The van der Waals surface area contributed by atoms with Crippen LogP contribution in [0.2, 0.25) is 0 Å². The third-order valence-corrected chi connectivity index (χ3v) is 3.50. The SMILES string of the molecule is COc1cc(CCC=CC=CC(=O)NCC(C)C)cc2c1OCO2. The molecule has 0 unspecified atom stereocenters. The minimum Gasteiger partial charge on any atom is -0.493 e. The van der Waals surface area contributed by atoms with Crippen molar-refractivity contribution in [2.45, 2.75) is 26.7 Å². The molecule has 1 aromatic carbocycles. The van der Waals surface area contributed by atoms with Crippen LogP contribution in [0.4, 0.5) is 0 Å². The quantitative estimate of drug-likeness (QED) is 0.587. The minimum atomic E-state index is -0.0612. The number of benzene rings is 1. The zero-order valence-corrected chi connectivity index (χ0v) is 14.5. The number of aryl methyl sites for hydroxylation is 1. The van der Waals surface area contributed by atoms with Crippen molar-refractivity contribution in [1.29, 1.82) is 0 Å². The number of fused-ring (bicyclic) bond motifs is 1. The molecule has 5 heteroatoms.